The number of fused-ring (bicyclic) bond motifs is 3. The van der Waals surface area contributed by atoms with E-state index < -0.39 is 0 Å². The van der Waals surface area contributed by atoms with Crippen LogP contribution in [0.3, 0.4) is 0 Å². The third-order valence-corrected chi connectivity index (χ3v) is 6.42. The van der Waals surface area contributed by atoms with Gasteiger partial charge in [0.25, 0.3) is 11.5 Å². The molecule has 0 aliphatic carbocycles. The minimum atomic E-state index is -0.182. The van der Waals surface area contributed by atoms with Gasteiger partial charge in [0.05, 0.1) is 17.3 Å². The molecule has 1 aliphatic rings. The Morgan fingerprint density at radius 3 is 2.74 bits per heavy atom. The number of hydrogen-bond acceptors (Lipinski definition) is 5. The van der Waals surface area contributed by atoms with Crippen molar-refractivity contribution >= 4 is 38.2 Å². The molecule has 27 heavy (non-hydrogen) atoms. The van der Waals surface area contributed by atoms with Gasteiger partial charge in [-0.2, -0.15) is 0 Å². The summed E-state index contributed by atoms with van der Waals surface area (Å²) in [6.45, 7) is 3.65. The van der Waals surface area contributed by atoms with E-state index in [-0.39, 0.29) is 11.5 Å². The number of hydrogen-bond donors (Lipinski definition) is 1. The van der Waals surface area contributed by atoms with Gasteiger partial charge in [-0.15, -0.1) is 11.3 Å². The standard InChI is InChI=1S/C20H23N3O3S/c1-22-14-8-4-3-7-13(14)17-15(20(22)25)16(26-2)18(27-17)19(24)21-9-12-23-10-5-6-11-23/h3-4,7-8H,5-6,9-12H2,1-2H3,(H,21,24). The molecular formula is C20H23N3O3S. The molecule has 4 rings (SSSR count). The van der Waals surface area contributed by atoms with Gasteiger partial charge in [0, 0.05) is 25.5 Å². The Labute approximate surface area is 161 Å². The van der Waals surface area contributed by atoms with Gasteiger partial charge in [-0.25, -0.2) is 0 Å². The highest BCUT2D eigenvalue weighted by Gasteiger charge is 2.24. The lowest BCUT2D eigenvalue weighted by atomic mass is 10.1. The van der Waals surface area contributed by atoms with E-state index in [1.54, 1.807) is 11.6 Å². The average Bonchev–Trinajstić information content (AvgIpc) is 3.33. The summed E-state index contributed by atoms with van der Waals surface area (Å²) in [6.07, 6.45) is 2.46. The van der Waals surface area contributed by atoms with Crippen molar-refractivity contribution in [1.29, 1.82) is 0 Å². The van der Waals surface area contributed by atoms with Crippen molar-refractivity contribution in [1.82, 2.24) is 14.8 Å². The number of rotatable bonds is 5. The number of aryl methyl sites for hydroxylation is 1. The molecule has 0 bridgehead atoms. The maximum Gasteiger partial charge on any atom is 0.265 e. The number of thiophene rings is 1. The Balaban J connectivity index is 1.72. The Bertz CT molecular complexity index is 1060. The Kier molecular flexibility index (Phi) is 4.88. The number of methoxy groups -OCH3 is 1. The Morgan fingerprint density at radius 1 is 1.26 bits per heavy atom. The van der Waals surface area contributed by atoms with Crippen LogP contribution in [0.4, 0.5) is 0 Å². The molecule has 0 saturated carbocycles. The van der Waals surface area contributed by atoms with Crippen molar-refractivity contribution in [3.63, 3.8) is 0 Å². The number of likely N-dealkylation sites (tertiary alicyclic amines) is 1. The first-order valence-corrected chi connectivity index (χ1v) is 10.0. The predicted molar refractivity (Wildman–Crippen MR) is 109 cm³/mol. The molecule has 0 unspecified atom stereocenters. The molecular weight excluding hydrogens is 362 g/mol. The van der Waals surface area contributed by atoms with Gasteiger partial charge in [0.15, 0.2) is 5.75 Å². The second-order valence-corrected chi connectivity index (χ2v) is 7.88. The maximum absolute atomic E-state index is 12.9. The molecule has 6 nitrogen and oxygen atoms in total. The SMILES string of the molecule is COc1c(C(=O)NCCN2CCCC2)sc2c1c(=O)n(C)c1ccccc21. The lowest BCUT2D eigenvalue weighted by Crippen LogP contribution is -2.33. The number of aromatic nitrogens is 1. The van der Waals surface area contributed by atoms with Crippen LogP contribution in [-0.2, 0) is 7.05 Å². The summed E-state index contributed by atoms with van der Waals surface area (Å²) in [7, 11) is 3.26. The normalized spacial score (nSPS) is 14.9. The summed E-state index contributed by atoms with van der Waals surface area (Å²) in [4.78, 5) is 28.5. The number of para-hydroxylation sites is 1. The second kappa shape index (κ2) is 7.32. The molecule has 1 saturated heterocycles. The highest BCUT2D eigenvalue weighted by atomic mass is 32.1. The second-order valence-electron chi connectivity index (χ2n) is 6.85. The van der Waals surface area contributed by atoms with Gasteiger partial charge >= 0.3 is 0 Å². The van der Waals surface area contributed by atoms with Crippen molar-refractivity contribution in [2.45, 2.75) is 12.8 Å². The number of pyridine rings is 1. The average molecular weight is 385 g/mol. The van der Waals surface area contributed by atoms with E-state index in [9.17, 15) is 9.59 Å². The van der Waals surface area contributed by atoms with Gasteiger partial charge < -0.3 is 19.5 Å². The highest BCUT2D eigenvalue weighted by molar-refractivity contribution is 7.22. The molecule has 0 radical (unpaired) electrons. The predicted octanol–water partition coefficient (Wildman–Crippen LogP) is 2.59. The molecule has 0 atom stereocenters. The van der Waals surface area contributed by atoms with E-state index in [4.69, 9.17) is 4.74 Å². The van der Waals surface area contributed by atoms with Crippen LogP contribution in [0.15, 0.2) is 29.1 Å². The Morgan fingerprint density at radius 2 is 2.00 bits per heavy atom. The molecule has 1 fully saturated rings. The zero-order chi connectivity index (χ0) is 19.0. The maximum atomic E-state index is 12.9. The van der Waals surface area contributed by atoms with Crippen molar-refractivity contribution in [2.75, 3.05) is 33.3 Å². The first-order chi connectivity index (χ1) is 13.1. The minimum absolute atomic E-state index is 0.145. The van der Waals surface area contributed by atoms with Crippen molar-refractivity contribution in [2.24, 2.45) is 7.05 Å². The lowest BCUT2D eigenvalue weighted by Gasteiger charge is -2.14. The third-order valence-electron chi connectivity index (χ3n) is 5.22. The first-order valence-electron chi connectivity index (χ1n) is 9.20. The molecule has 3 heterocycles. The summed E-state index contributed by atoms with van der Waals surface area (Å²) in [5, 5.41) is 4.42. The van der Waals surface area contributed by atoms with Crippen LogP contribution in [0.2, 0.25) is 0 Å². The van der Waals surface area contributed by atoms with Crippen LogP contribution in [-0.4, -0.2) is 48.7 Å². The number of ether oxygens (including phenoxy) is 1. The molecule has 1 amide bonds. The van der Waals surface area contributed by atoms with Crippen molar-refractivity contribution < 1.29 is 9.53 Å². The lowest BCUT2D eigenvalue weighted by molar-refractivity contribution is 0.0951. The zero-order valence-corrected chi connectivity index (χ0v) is 16.4. The van der Waals surface area contributed by atoms with Gasteiger partial charge in [0.1, 0.15) is 10.3 Å². The van der Waals surface area contributed by atoms with E-state index >= 15 is 0 Å². The van der Waals surface area contributed by atoms with Crippen LogP contribution in [0.1, 0.15) is 22.5 Å². The summed E-state index contributed by atoms with van der Waals surface area (Å²) in [5.41, 5.74) is 0.702. The fraction of sp³-hybridized carbons (Fsp3) is 0.400. The highest BCUT2D eigenvalue weighted by Crippen LogP contribution is 2.39. The van der Waals surface area contributed by atoms with Crippen LogP contribution in [0, 0.1) is 0 Å². The topological polar surface area (TPSA) is 63.6 Å². The molecule has 142 valence electrons. The third kappa shape index (κ3) is 3.11. The van der Waals surface area contributed by atoms with Gasteiger partial charge in [-0.05, 0) is 32.0 Å². The Hall–Kier alpha value is -2.38. The largest absolute Gasteiger partial charge is 0.494 e. The zero-order valence-electron chi connectivity index (χ0n) is 15.6. The summed E-state index contributed by atoms with van der Waals surface area (Å²) in [5.74, 6) is 0.193. The summed E-state index contributed by atoms with van der Waals surface area (Å²) >= 11 is 1.33. The monoisotopic (exact) mass is 385 g/mol. The van der Waals surface area contributed by atoms with E-state index in [2.05, 4.69) is 10.2 Å². The number of amides is 1. The molecule has 1 aliphatic heterocycles. The van der Waals surface area contributed by atoms with Crippen LogP contribution in [0.5, 0.6) is 5.75 Å². The number of nitrogens with one attached hydrogen (secondary N) is 1. The quantitative estimate of drug-likeness (QED) is 0.733. The van der Waals surface area contributed by atoms with Gasteiger partial charge in [-0.1, -0.05) is 18.2 Å². The number of carbonyl (C=O) groups is 1. The minimum Gasteiger partial charge on any atom is -0.494 e. The molecule has 7 heteroatoms. The van der Waals surface area contributed by atoms with E-state index in [1.807, 2.05) is 24.3 Å². The van der Waals surface area contributed by atoms with Gasteiger partial charge in [-0.3, -0.25) is 9.59 Å². The molecule has 0 spiro atoms. The summed E-state index contributed by atoms with van der Waals surface area (Å²) < 4.78 is 7.92. The van der Waals surface area contributed by atoms with Crippen molar-refractivity contribution in [3.8, 4) is 5.75 Å². The molecule has 2 aromatic heterocycles. The number of carbonyl (C=O) groups excluding carboxylic acids is 1. The van der Waals surface area contributed by atoms with Crippen LogP contribution in [0.25, 0.3) is 21.0 Å². The van der Waals surface area contributed by atoms with E-state index in [0.29, 0.717) is 22.6 Å². The van der Waals surface area contributed by atoms with Gasteiger partial charge in [0.2, 0.25) is 0 Å². The summed E-state index contributed by atoms with van der Waals surface area (Å²) in [6, 6.07) is 7.74. The number of nitrogens with zero attached hydrogens (tertiary/aromatic N) is 2. The fourth-order valence-electron chi connectivity index (χ4n) is 3.79. The first kappa shape index (κ1) is 18.0. The van der Waals surface area contributed by atoms with E-state index in [1.165, 1.54) is 31.3 Å². The molecule has 1 N–H and O–H groups in total. The number of benzene rings is 1. The molecule has 3 aromatic rings. The fourth-order valence-corrected chi connectivity index (χ4v) is 5.01. The van der Waals surface area contributed by atoms with Crippen LogP contribution >= 0.6 is 11.3 Å². The molecule has 1 aromatic carbocycles. The van der Waals surface area contributed by atoms with Crippen molar-refractivity contribution in [3.05, 3.63) is 39.5 Å². The van der Waals surface area contributed by atoms with Crippen LogP contribution < -0.4 is 15.6 Å². The smallest absolute Gasteiger partial charge is 0.265 e. The van der Waals surface area contributed by atoms with E-state index in [0.717, 1.165) is 35.2 Å².